The molecule has 0 atom stereocenters. The van der Waals surface area contributed by atoms with Gasteiger partial charge in [0.25, 0.3) is 5.91 Å². The van der Waals surface area contributed by atoms with E-state index in [-0.39, 0.29) is 5.91 Å². The third kappa shape index (κ3) is 3.21. The van der Waals surface area contributed by atoms with Crippen molar-refractivity contribution in [2.45, 2.75) is 25.4 Å². The average Bonchev–Trinajstić information content (AvgIpc) is 3.48. The number of morpholine rings is 1. The fourth-order valence-corrected chi connectivity index (χ4v) is 3.66. The first-order chi connectivity index (χ1) is 13.2. The summed E-state index contributed by atoms with van der Waals surface area (Å²) in [5.74, 6) is 1.29. The van der Waals surface area contributed by atoms with Gasteiger partial charge in [-0.2, -0.15) is 4.98 Å². The molecule has 1 N–H and O–H groups in total. The summed E-state index contributed by atoms with van der Waals surface area (Å²) in [6.45, 7) is 3.29. The second-order valence-corrected chi connectivity index (χ2v) is 7.53. The van der Waals surface area contributed by atoms with Gasteiger partial charge in [0.05, 0.1) is 19.8 Å². The number of nitrogens with zero attached hydrogens (tertiary/aromatic N) is 4. The van der Waals surface area contributed by atoms with E-state index < -0.39 is 0 Å². The van der Waals surface area contributed by atoms with Gasteiger partial charge in [-0.1, -0.05) is 11.6 Å². The summed E-state index contributed by atoms with van der Waals surface area (Å²) in [6, 6.07) is 7.81. The topological polar surface area (TPSA) is 70.6 Å². The van der Waals surface area contributed by atoms with Crippen LogP contribution in [0.15, 0.2) is 24.3 Å². The number of amides is 1. The highest BCUT2D eigenvalue weighted by molar-refractivity contribution is 6.30. The maximum Gasteiger partial charge on any atom is 0.273 e. The van der Waals surface area contributed by atoms with Crippen LogP contribution < -0.4 is 10.2 Å². The molecule has 0 radical (unpaired) electrons. The molecule has 1 saturated heterocycles. The highest BCUT2D eigenvalue weighted by Gasteiger charge is 2.41. The number of fused-ring (bicyclic) bond motifs is 1. The van der Waals surface area contributed by atoms with Crippen LogP contribution in [0.4, 0.5) is 17.5 Å². The standard InChI is InChI=1S/C19H20ClN5O2/c20-12-1-3-13(4-2-12)21-17-15-11-25(14-5-6-14)18(26)16(15)22-19(23-17)24-7-9-27-10-8-24/h1-4,14H,5-11H2,(H,21,22,23). The zero-order valence-corrected chi connectivity index (χ0v) is 15.6. The lowest BCUT2D eigenvalue weighted by molar-refractivity contribution is 0.0762. The molecule has 2 fully saturated rings. The third-order valence-corrected chi connectivity index (χ3v) is 5.43. The van der Waals surface area contributed by atoms with Crippen LogP contribution in [-0.2, 0) is 11.3 Å². The van der Waals surface area contributed by atoms with Crippen LogP contribution in [0.2, 0.25) is 5.02 Å². The second-order valence-electron chi connectivity index (χ2n) is 7.09. The molecule has 140 valence electrons. The Hall–Kier alpha value is -2.38. The van der Waals surface area contributed by atoms with Gasteiger partial charge in [0, 0.05) is 35.4 Å². The third-order valence-electron chi connectivity index (χ3n) is 5.18. The first-order valence-corrected chi connectivity index (χ1v) is 9.64. The molecule has 1 aliphatic carbocycles. The van der Waals surface area contributed by atoms with Crippen LogP contribution >= 0.6 is 11.6 Å². The Morgan fingerprint density at radius 2 is 1.85 bits per heavy atom. The van der Waals surface area contributed by atoms with Crippen molar-refractivity contribution in [1.29, 1.82) is 0 Å². The summed E-state index contributed by atoms with van der Waals surface area (Å²) in [6.07, 6.45) is 2.15. The lowest BCUT2D eigenvalue weighted by Crippen LogP contribution is -2.37. The van der Waals surface area contributed by atoms with Crippen LogP contribution in [0.25, 0.3) is 0 Å². The van der Waals surface area contributed by atoms with Crippen molar-refractivity contribution in [3.8, 4) is 0 Å². The molecule has 8 heteroatoms. The molecule has 27 heavy (non-hydrogen) atoms. The Morgan fingerprint density at radius 1 is 1.11 bits per heavy atom. The van der Waals surface area contributed by atoms with Crippen molar-refractivity contribution in [2.24, 2.45) is 0 Å². The molecule has 3 aliphatic rings. The van der Waals surface area contributed by atoms with Crippen LogP contribution in [0, 0.1) is 0 Å². The van der Waals surface area contributed by atoms with Crippen molar-refractivity contribution in [2.75, 3.05) is 36.5 Å². The van der Waals surface area contributed by atoms with E-state index in [4.69, 9.17) is 21.3 Å². The molecule has 7 nitrogen and oxygen atoms in total. The van der Waals surface area contributed by atoms with Crippen molar-refractivity contribution in [3.05, 3.63) is 40.5 Å². The fourth-order valence-electron chi connectivity index (χ4n) is 3.54. The van der Waals surface area contributed by atoms with Gasteiger partial charge >= 0.3 is 0 Å². The summed E-state index contributed by atoms with van der Waals surface area (Å²) in [4.78, 5) is 26.3. The van der Waals surface area contributed by atoms with E-state index in [0.29, 0.717) is 48.3 Å². The van der Waals surface area contributed by atoms with Crippen molar-refractivity contribution >= 4 is 35.0 Å². The van der Waals surface area contributed by atoms with E-state index in [9.17, 15) is 4.79 Å². The van der Waals surface area contributed by atoms with E-state index in [1.807, 2.05) is 29.2 Å². The molecule has 5 rings (SSSR count). The monoisotopic (exact) mass is 385 g/mol. The summed E-state index contributed by atoms with van der Waals surface area (Å²) < 4.78 is 5.43. The van der Waals surface area contributed by atoms with E-state index in [2.05, 4.69) is 15.2 Å². The number of carbonyl (C=O) groups excluding carboxylic acids is 1. The minimum Gasteiger partial charge on any atom is -0.378 e. The predicted octanol–water partition coefficient (Wildman–Crippen LogP) is 2.83. The zero-order valence-electron chi connectivity index (χ0n) is 14.8. The first kappa shape index (κ1) is 16.8. The maximum absolute atomic E-state index is 12.9. The summed E-state index contributed by atoms with van der Waals surface area (Å²) in [5.41, 5.74) is 2.28. The lowest BCUT2D eigenvalue weighted by atomic mass is 10.2. The Balaban J connectivity index is 1.53. The van der Waals surface area contributed by atoms with Crippen molar-refractivity contribution in [1.82, 2.24) is 14.9 Å². The SMILES string of the molecule is O=C1c2nc(N3CCOCC3)nc(Nc3ccc(Cl)cc3)c2CN1C1CC1. The smallest absolute Gasteiger partial charge is 0.273 e. The first-order valence-electron chi connectivity index (χ1n) is 9.26. The number of ether oxygens (including phenoxy) is 1. The molecular formula is C19H20ClN5O2. The highest BCUT2D eigenvalue weighted by atomic mass is 35.5. The van der Waals surface area contributed by atoms with Gasteiger partial charge in [-0.05, 0) is 37.1 Å². The van der Waals surface area contributed by atoms with Crippen LogP contribution in [-0.4, -0.2) is 53.1 Å². The average molecular weight is 386 g/mol. The normalized spacial score (nSPS) is 19.4. The summed E-state index contributed by atoms with van der Waals surface area (Å²) in [5, 5.41) is 4.04. The number of carbonyl (C=O) groups is 1. The predicted molar refractivity (Wildman–Crippen MR) is 103 cm³/mol. The fraction of sp³-hybridized carbons (Fsp3) is 0.421. The van der Waals surface area contributed by atoms with Crippen LogP contribution in [0.1, 0.15) is 28.9 Å². The molecule has 0 spiro atoms. The minimum atomic E-state index is 0.0172. The molecule has 2 aliphatic heterocycles. The molecule has 0 bridgehead atoms. The number of hydrogen-bond acceptors (Lipinski definition) is 6. The molecular weight excluding hydrogens is 366 g/mol. The summed E-state index contributed by atoms with van der Waals surface area (Å²) >= 11 is 5.99. The second kappa shape index (κ2) is 6.65. The van der Waals surface area contributed by atoms with Crippen LogP contribution in [0.5, 0.6) is 0 Å². The van der Waals surface area contributed by atoms with Gasteiger partial charge < -0.3 is 19.9 Å². The minimum absolute atomic E-state index is 0.0172. The molecule has 3 heterocycles. The lowest BCUT2D eigenvalue weighted by Gasteiger charge is -2.27. The molecule has 1 saturated carbocycles. The van der Waals surface area contributed by atoms with Crippen molar-refractivity contribution in [3.63, 3.8) is 0 Å². The molecule has 1 aromatic carbocycles. The van der Waals surface area contributed by atoms with Gasteiger partial charge in [-0.3, -0.25) is 4.79 Å². The number of benzene rings is 1. The Morgan fingerprint density at radius 3 is 2.56 bits per heavy atom. The number of rotatable bonds is 4. The van der Waals surface area contributed by atoms with E-state index in [1.165, 1.54) is 0 Å². The van der Waals surface area contributed by atoms with Gasteiger partial charge in [0.1, 0.15) is 11.5 Å². The number of halogens is 1. The zero-order chi connectivity index (χ0) is 18.4. The Kier molecular flexibility index (Phi) is 4.13. The highest BCUT2D eigenvalue weighted by Crippen LogP contribution is 2.37. The number of hydrogen-bond donors (Lipinski definition) is 1. The molecule has 2 aromatic rings. The number of aromatic nitrogens is 2. The van der Waals surface area contributed by atoms with E-state index in [0.717, 1.165) is 37.2 Å². The van der Waals surface area contributed by atoms with E-state index in [1.54, 1.807) is 0 Å². The van der Waals surface area contributed by atoms with Gasteiger partial charge in [-0.25, -0.2) is 4.98 Å². The summed E-state index contributed by atoms with van der Waals surface area (Å²) in [7, 11) is 0. The van der Waals surface area contributed by atoms with E-state index >= 15 is 0 Å². The quantitative estimate of drug-likeness (QED) is 0.872. The maximum atomic E-state index is 12.9. The Bertz CT molecular complexity index is 878. The largest absolute Gasteiger partial charge is 0.378 e. The van der Waals surface area contributed by atoms with Gasteiger partial charge in [0.15, 0.2) is 0 Å². The molecule has 1 aromatic heterocycles. The molecule has 1 amide bonds. The number of anilines is 3. The Labute approximate surface area is 162 Å². The van der Waals surface area contributed by atoms with Gasteiger partial charge in [0.2, 0.25) is 5.95 Å². The van der Waals surface area contributed by atoms with Gasteiger partial charge in [-0.15, -0.1) is 0 Å². The van der Waals surface area contributed by atoms with Crippen LogP contribution in [0.3, 0.4) is 0 Å². The number of nitrogens with one attached hydrogen (secondary N) is 1. The molecule has 0 unspecified atom stereocenters. The van der Waals surface area contributed by atoms with Crippen molar-refractivity contribution < 1.29 is 9.53 Å².